The van der Waals surface area contributed by atoms with Gasteiger partial charge in [-0.05, 0) is 36.6 Å². The molecule has 0 amide bonds. The number of hydrogen-bond acceptors (Lipinski definition) is 5. The highest BCUT2D eigenvalue weighted by atomic mass is 19.1. The average molecular weight is 355 g/mol. The van der Waals surface area contributed by atoms with E-state index in [0.29, 0.717) is 41.8 Å². The molecule has 0 atom stereocenters. The molecule has 7 heteroatoms. The SMILES string of the molecule is CC(C)Cn1cc(Oc2cc(F)ccc2-c2ncc(CCN)cn2)cn1. The molecular weight excluding hydrogens is 333 g/mol. The van der Waals surface area contributed by atoms with Gasteiger partial charge >= 0.3 is 0 Å². The van der Waals surface area contributed by atoms with E-state index in [-0.39, 0.29) is 0 Å². The molecule has 2 N–H and O–H groups in total. The summed E-state index contributed by atoms with van der Waals surface area (Å²) in [6.07, 6.45) is 7.57. The van der Waals surface area contributed by atoms with Crippen molar-refractivity contribution >= 4 is 0 Å². The van der Waals surface area contributed by atoms with Crippen molar-refractivity contribution in [2.45, 2.75) is 26.8 Å². The Kier molecular flexibility index (Phi) is 5.58. The van der Waals surface area contributed by atoms with Crippen LogP contribution in [0, 0.1) is 11.7 Å². The van der Waals surface area contributed by atoms with Crippen LogP contribution in [0.3, 0.4) is 0 Å². The Morgan fingerprint density at radius 3 is 2.65 bits per heavy atom. The summed E-state index contributed by atoms with van der Waals surface area (Å²) in [7, 11) is 0. The highest BCUT2D eigenvalue weighted by molar-refractivity contribution is 5.64. The molecule has 26 heavy (non-hydrogen) atoms. The average Bonchev–Trinajstić information content (AvgIpc) is 3.02. The van der Waals surface area contributed by atoms with Gasteiger partial charge in [0.2, 0.25) is 0 Å². The van der Waals surface area contributed by atoms with E-state index < -0.39 is 5.82 Å². The predicted octanol–water partition coefficient (Wildman–Crippen LogP) is 3.43. The molecule has 0 bridgehead atoms. The second kappa shape index (κ2) is 8.05. The molecule has 136 valence electrons. The van der Waals surface area contributed by atoms with E-state index >= 15 is 0 Å². The third-order valence-corrected chi connectivity index (χ3v) is 3.71. The summed E-state index contributed by atoms with van der Waals surface area (Å²) < 4.78 is 21.4. The summed E-state index contributed by atoms with van der Waals surface area (Å²) >= 11 is 0. The number of rotatable bonds is 7. The van der Waals surface area contributed by atoms with Gasteiger partial charge in [-0.2, -0.15) is 5.10 Å². The number of benzene rings is 1. The highest BCUT2D eigenvalue weighted by Gasteiger charge is 2.13. The molecule has 0 radical (unpaired) electrons. The van der Waals surface area contributed by atoms with E-state index in [2.05, 4.69) is 28.9 Å². The topological polar surface area (TPSA) is 78.9 Å². The summed E-state index contributed by atoms with van der Waals surface area (Å²) in [5.41, 5.74) is 7.11. The zero-order chi connectivity index (χ0) is 18.5. The van der Waals surface area contributed by atoms with E-state index in [1.807, 2.05) is 0 Å². The normalized spacial score (nSPS) is 11.1. The van der Waals surface area contributed by atoms with Gasteiger partial charge in [-0.25, -0.2) is 14.4 Å². The molecule has 0 fully saturated rings. The zero-order valence-corrected chi connectivity index (χ0v) is 14.9. The lowest BCUT2D eigenvalue weighted by Gasteiger charge is -2.09. The lowest BCUT2D eigenvalue weighted by molar-refractivity contribution is 0.466. The number of nitrogens with two attached hydrogens (primary N) is 1. The van der Waals surface area contributed by atoms with E-state index in [0.717, 1.165) is 12.1 Å². The van der Waals surface area contributed by atoms with E-state index in [4.69, 9.17) is 10.5 Å². The molecule has 2 aromatic heterocycles. The first kappa shape index (κ1) is 18.0. The van der Waals surface area contributed by atoms with Gasteiger partial charge in [-0.1, -0.05) is 13.8 Å². The summed E-state index contributed by atoms with van der Waals surface area (Å²) in [4.78, 5) is 8.71. The van der Waals surface area contributed by atoms with Crippen LogP contribution >= 0.6 is 0 Å². The quantitative estimate of drug-likeness (QED) is 0.702. The van der Waals surface area contributed by atoms with Gasteiger partial charge in [-0.3, -0.25) is 4.68 Å². The third-order valence-electron chi connectivity index (χ3n) is 3.71. The number of ether oxygens (including phenoxy) is 1. The summed E-state index contributed by atoms with van der Waals surface area (Å²) in [5.74, 6) is 1.43. The number of nitrogens with zero attached hydrogens (tertiary/aromatic N) is 4. The Bertz CT molecular complexity index is 861. The van der Waals surface area contributed by atoms with Crippen LogP contribution in [0.25, 0.3) is 11.4 Å². The summed E-state index contributed by atoms with van der Waals surface area (Å²) in [6.45, 7) is 5.54. The minimum absolute atomic E-state index is 0.348. The fourth-order valence-corrected chi connectivity index (χ4v) is 2.55. The fraction of sp³-hybridized carbons (Fsp3) is 0.316. The van der Waals surface area contributed by atoms with Crippen molar-refractivity contribution < 1.29 is 9.13 Å². The lowest BCUT2D eigenvalue weighted by Crippen LogP contribution is -2.04. The van der Waals surface area contributed by atoms with Gasteiger partial charge in [0.15, 0.2) is 11.6 Å². The van der Waals surface area contributed by atoms with E-state index in [1.165, 1.54) is 12.1 Å². The van der Waals surface area contributed by atoms with Crippen molar-refractivity contribution in [1.82, 2.24) is 19.7 Å². The van der Waals surface area contributed by atoms with Crippen LogP contribution in [0.15, 0.2) is 43.0 Å². The van der Waals surface area contributed by atoms with Gasteiger partial charge in [0, 0.05) is 25.0 Å². The highest BCUT2D eigenvalue weighted by Crippen LogP contribution is 2.32. The third kappa shape index (κ3) is 4.43. The Hall–Kier alpha value is -2.80. The molecule has 3 aromatic rings. The number of aromatic nitrogens is 4. The van der Waals surface area contributed by atoms with Crippen LogP contribution in [0.2, 0.25) is 0 Å². The van der Waals surface area contributed by atoms with Crippen molar-refractivity contribution in [2.24, 2.45) is 11.7 Å². The van der Waals surface area contributed by atoms with Crippen molar-refractivity contribution in [3.05, 3.63) is 54.4 Å². The maximum Gasteiger partial charge on any atom is 0.165 e. The minimum atomic E-state index is -0.391. The Morgan fingerprint density at radius 1 is 1.19 bits per heavy atom. The second-order valence-corrected chi connectivity index (χ2v) is 6.49. The van der Waals surface area contributed by atoms with Crippen LogP contribution in [-0.2, 0) is 13.0 Å². The Labute approximate surface area is 151 Å². The van der Waals surface area contributed by atoms with Crippen molar-refractivity contribution in [3.8, 4) is 22.9 Å². The summed E-state index contributed by atoms with van der Waals surface area (Å²) in [5, 5.41) is 4.26. The van der Waals surface area contributed by atoms with E-state index in [1.54, 1.807) is 35.5 Å². The Morgan fingerprint density at radius 2 is 1.96 bits per heavy atom. The first-order chi connectivity index (χ1) is 12.5. The van der Waals surface area contributed by atoms with Crippen molar-refractivity contribution in [2.75, 3.05) is 6.54 Å². The van der Waals surface area contributed by atoms with Gasteiger partial charge in [0.05, 0.1) is 18.0 Å². The summed E-state index contributed by atoms with van der Waals surface area (Å²) in [6, 6.07) is 4.30. The maximum atomic E-state index is 13.8. The number of hydrogen-bond donors (Lipinski definition) is 1. The molecule has 3 rings (SSSR count). The van der Waals surface area contributed by atoms with Crippen LogP contribution in [-0.4, -0.2) is 26.3 Å². The van der Waals surface area contributed by atoms with Crippen molar-refractivity contribution in [3.63, 3.8) is 0 Å². The molecule has 0 spiro atoms. The molecule has 0 unspecified atom stereocenters. The largest absolute Gasteiger partial charge is 0.453 e. The van der Waals surface area contributed by atoms with Gasteiger partial charge in [0.1, 0.15) is 11.6 Å². The monoisotopic (exact) mass is 355 g/mol. The molecular formula is C19H22FN5O. The molecule has 2 heterocycles. The molecule has 0 aliphatic carbocycles. The fourth-order valence-electron chi connectivity index (χ4n) is 2.55. The molecule has 0 aliphatic heterocycles. The lowest BCUT2D eigenvalue weighted by atomic mass is 10.1. The van der Waals surface area contributed by atoms with Crippen LogP contribution in [0.4, 0.5) is 4.39 Å². The predicted molar refractivity (Wildman–Crippen MR) is 97.3 cm³/mol. The zero-order valence-electron chi connectivity index (χ0n) is 14.9. The maximum absolute atomic E-state index is 13.8. The second-order valence-electron chi connectivity index (χ2n) is 6.49. The molecule has 1 aromatic carbocycles. The molecule has 6 nitrogen and oxygen atoms in total. The van der Waals surface area contributed by atoms with Gasteiger partial charge in [-0.15, -0.1) is 0 Å². The smallest absolute Gasteiger partial charge is 0.165 e. The molecule has 0 saturated heterocycles. The van der Waals surface area contributed by atoms with Crippen LogP contribution in [0.1, 0.15) is 19.4 Å². The Balaban J connectivity index is 1.87. The number of halogens is 1. The van der Waals surface area contributed by atoms with Crippen LogP contribution < -0.4 is 10.5 Å². The van der Waals surface area contributed by atoms with Gasteiger partial charge < -0.3 is 10.5 Å². The van der Waals surface area contributed by atoms with Gasteiger partial charge in [0.25, 0.3) is 0 Å². The van der Waals surface area contributed by atoms with E-state index in [9.17, 15) is 4.39 Å². The first-order valence-electron chi connectivity index (χ1n) is 8.56. The standard InChI is InChI=1S/C19H22FN5O/c1-13(2)11-25-12-16(10-24-25)26-18-7-15(20)3-4-17(18)19-22-8-14(5-6-21)9-23-19/h3-4,7-10,12-13H,5-6,11,21H2,1-2H3. The minimum Gasteiger partial charge on any atom is -0.453 e. The first-order valence-corrected chi connectivity index (χ1v) is 8.56. The molecule has 0 saturated carbocycles. The molecule has 0 aliphatic rings. The van der Waals surface area contributed by atoms with Crippen molar-refractivity contribution in [1.29, 1.82) is 0 Å². The van der Waals surface area contributed by atoms with Crippen LogP contribution in [0.5, 0.6) is 11.5 Å².